The van der Waals surface area contributed by atoms with Gasteiger partial charge in [0.1, 0.15) is 17.3 Å². The first-order valence-electron chi connectivity index (χ1n) is 10.6. The Morgan fingerprint density at radius 2 is 1.73 bits per heavy atom. The van der Waals surface area contributed by atoms with E-state index in [1.807, 2.05) is 31.2 Å². The highest BCUT2D eigenvalue weighted by Crippen LogP contribution is 2.21. The van der Waals surface area contributed by atoms with Crippen molar-refractivity contribution in [3.63, 3.8) is 0 Å². The zero-order chi connectivity index (χ0) is 23.7. The Morgan fingerprint density at radius 1 is 1.03 bits per heavy atom. The van der Waals surface area contributed by atoms with Crippen LogP contribution in [0.3, 0.4) is 0 Å². The number of methoxy groups -OCH3 is 1. The number of ether oxygens (including phenoxy) is 2. The average Bonchev–Trinajstić information content (AvgIpc) is 3.33. The number of rotatable bonds is 12. The Morgan fingerprint density at radius 3 is 2.33 bits per heavy atom. The number of nitrogens with one attached hydrogen (secondary N) is 1. The van der Waals surface area contributed by atoms with E-state index in [0.717, 1.165) is 15.6 Å². The first-order valence-corrected chi connectivity index (χ1v) is 12.0. The molecule has 1 heterocycles. The number of amides is 1. The fraction of sp³-hybridized carbons (Fsp3) is 0.292. The molecule has 0 aliphatic rings. The van der Waals surface area contributed by atoms with Gasteiger partial charge in [-0.25, -0.2) is 8.42 Å². The minimum Gasteiger partial charge on any atom is -0.497 e. The molecule has 1 aromatic heterocycles. The van der Waals surface area contributed by atoms with Crippen LogP contribution in [0.15, 0.2) is 76.2 Å². The van der Waals surface area contributed by atoms with Crippen LogP contribution < -0.4 is 14.8 Å². The third kappa shape index (κ3) is 6.84. The van der Waals surface area contributed by atoms with Crippen molar-refractivity contribution in [1.29, 1.82) is 0 Å². The molecule has 1 N–H and O–H groups in total. The predicted molar refractivity (Wildman–Crippen MR) is 124 cm³/mol. The minimum absolute atomic E-state index is 0.0611. The van der Waals surface area contributed by atoms with Gasteiger partial charge in [0.25, 0.3) is 0 Å². The van der Waals surface area contributed by atoms with E-state index in [4.69, 9.17) is 13.9 Å². The maximum absolute atomic E-state index is 13.3. The largest absolute Gasteiger partial charge is 0.497 e. The van der Waals surface area contributed by atoms with Crippen LogP contribution in [0.2, 0.25) is 0 Å². The molecule has 3 rings (SSSR count). The van der Waals surface area contributed by atoms with Crippen molar-refractivity contribution in [1.82, 2.24) is 9.62 Å². The van der Waals surface area contributed by atoms with Gasteiger partial charge in [-0.2, -0.15) is 4.31 Å². The van der Waals surface area contributed by atoms with Gasteiger partial charge < -0.3 is 19.2 Å². The topological polar surface area (TPSA) is 98.1 Å². The Bertz CT molecular complexity index is 1110. The number of benzene rings is 2. The van der Waals surface area contributed by atoms with Gasteiger partial charge in [-0.15, -0.1) is 0 Å². The lowest BCUT2D eigenvalue weighted by atomic mass is 10.1. The van der Waals surface area contributed by atoms with E-state index in [0.29, 0.717) is 31.1 Å². The fourth-order valence-corrected chi connectivity index (χ4v) is 4.54. The number of sulfonamides is 1. The summed E-state index contributed by atoms with van der Waals surface area (Å²) >= 11 is 0. The predicted octanol–water partition coefficient (Wildman–Crippen LogP) is 3.24. The highest BCUT2D eigenvalue weighted by atomic mass is 32.2. The molecule has 0 bridgehead atoms. The SMILES string of the molecule is CCOc1ccc(S(=O)(=O)N(CC(=O)NCCc2ccc(OC)cc2)Cc2ccco2)cc1. The smallest absolute Gasteiger partial charge is 0.243 e. The van der Waals surface area contributed by atoms with Gasteiger partial charge in [0.15, 0.2) is 0 Å². The molecule has 9 heteroatoms. The quantitative estimate of drug-likeness (QED) is 0.435. The lowest BCUT2D eigenvalue weighted by Crippen LogP contribution is -2.40. The summed E-state index contributed by atoms with van der Waals surface area (Å²) in [7, 11) is -2.34. The van der Waals surface area contributed by atoms with Crippen LogP contribution in [-0.2, 0) is 27.8 Å². The minimum atomic E-state index is -3.95. The zero-order valence-corrected chi connectivity index (χ0v) is 19.5. The summed E-state index contributed by atoms with van der Waals surface area (Å²) in [5.41, 5.74) is 1.03. The summed E-state index contributed by atoms with van der Waals surface area (Å²) in [5.74, 6) is 1.38. The Labute approximate surface area is 194 Å². The van der Waals surface area contributed by atoms with Crippen LogP contribution in [0.25, 0.3) is 0 Å². The first kappa shape index (κ1) is 24.3. The van der Waals surface area contributed by atoms with Crippen LogP contribution in [0.5, 0.6) is 11.5 Å². The number of hydrogen-bond donors (Lipinski definition) is 1. The van der Waals surface area contributed by atoms with Gasteiger partial charge >= 0.3 is 0 Å². The molecule has 0 spiro atoms. The molecule has 0 radical (unpaired) electrons. The summed E-state index contributed by atoms with van der Waals surface area (Å²) in [6.07, 6.45) is 2.07. The van der Waals surface area contributed by atoms with E-state index in [9.17, 15) is 13.2 Å². The van der Waals surface area contributed by atoms with Crippen molar-refractivity contribution in [2.24, 2.45) is 0 Å². The number of hydrogen-bond acceptors (Lipinski definition) is 6. The highest BCUT2D eigenvalue weighted by molar-refractivity contribution is 7.89. The van der Waals surface area contributed by atoms with Crippen LogP contribution in [0.1, 0.15) is 18.2 Å². The molecule has 0 saturated heterocycles. The molecule has 2 aromatic carbocycles. The summed E-state index contributed by atoms with van der Waals surface area (Å²) < 4.78 is 43.5. The van der Waals surface area contributed by atoms with E-state index in [2.05, 4.69) is 5.32 Å². The summed E-state index contributed by atoms with van der Waals surface area (Å²) in [4.78, 5) is 12.7. The Balaban J connectivity index is 1.67. The molecule has 0 unspecified atom stereocenters. The van der Waals surface area contributed by atoms with Crippen LogP contribution in [0.4, 0.5) is 0 Å². The van der Waals surface area contributed by atoms with Crippen LogP contribution >= 0.6 is 0 Å². The molecule has 0 atom stereocenters. The summed E-state index contributed by atoms with van der Waals surface area (Å²) in [6.45, 7) is 2.31. The van der Waals surface area contributed by atoms with Crippen molar-refractivity contribution in [2.75, 3.05) is 26.8 Å². The Hall–Kier alpha value is -3.30. The van der Waals surface area contributed by atoms with Gasteiger partial charge in [0.2, 0.25) is 15.9 Å². The maximum atomic E-state index is 13.3. The van der Waals surface area contributed by atoms with Gasteiger partial charge in [-0.1, -0.05) is 12.1 Å². The van der Waals surface area contributed by atoms with E-state index < -0.39 is 15.9 Å². The van der Waals surface area contributed by atoms with E-state index in [1.165, 1.54) is 18.4 Å². The number of carbonyl (C=O) groups is 1. The second-order valence-corrected chi connectivity index (χ2v) is 9.14. The van der Waals surface area contributed by atoms with Gasteiger partial charge in [0.05, 0.1) is 38.0 Å². The molecule has 0 fully saturated rings. The number of nitrogens with zero attached hydrogens (tertiary/aromatic N) is 1. The highest BCUT2D eigenvalue weighted by Gasteiger charge is 2.27. The average molecular weight is 473 g/mol. The van der Waals surface area contributed by atoms with E-state index >= 15 is 0 Å². The van der Waals surface area contributed by atoms with Gasteiger partial charge in [0, 0.05) is 6.54 Å². The number of carbonyl (C=O) groups excluding carboxylic acids is 1. The molecular formula is C24H28N2O6S. The van der Waals surface area contributed by atoms with Crippen molar-refractivity contribution in [2.45, 2.75) is 24.8 Å². The molecule has 0 saturated carbocycles. The lowest BCUT2D eigenvalue weighted by Gasteiger charge is -2.21. The van der Waals surface area contributed by atoms with Crippen LogP contribution in [0, 0.1) is 0 Å². The first-order chi connectivity index (χ1) is 15.9. The molecule has 1 amide bonds. The maximum Gasteiger partial charge on any atom is 0.243 e. The van der Waals surface area contributed by atoms with Crippen molar-refractivity contribution < 1.29 is 27.1 Å². The molecule has 8 nitrogen and oxygen atoms in total. The Kier molecular flexibility index (Phi) is 8.51. The van der Waals surface area contributed by atoms with Crippen LogP contribution in [-0.4, -0.2) is 45.4 Å². The van der Waals surface area contributed by atoms with Gasteiger partial charge in [-0.3, -0.25) is 4.79 Å². The summed E-state index contributed by atoms with van der Waals surface area (Å²) in [5, 5.41) is 2.79. The molecule has 176 valence electrons. The summed E-state index contributed by atoms with van der Waals surface area (Å²) in [6, 6.07) is 17.0. The molecule has 3 aromatic rings. The van der Waals surface area contributed by atoms with Crippen molar-refractivity contribution >= 4 is 15.9 Å². The number of furan rings is 1. The fourth-order valence-electron chi connectivity index (χ4n) is 3.18. The third-order valence-electron chi connectivity index (χ3n) is 4.90. The second kappa shape index (κ2) is 11.5. The molecule has 0 aliphatic heterocycles. The molecule has 33 heavy (non-hydrogen) atoms. The standard InChI is InChI=1S/C24H28N2O6S/c1-3-31-21-10-12-23(13-11-21)33(28,29)26(17-22-5-4-16-32-22)18-24(27)25-15-14-19-6-8-20(30-2)9-7-19/h4-13,16H,3,14-15,17-18H2,1-2H3,(H,25,27). The zero-order valence-electron chi connectivity index (χ0n) is 18.7. The second-order valence-electron chi connectivity index (χ2n) is 7.20. The monoisotopic (exact) mass is 472 g/mol. The molecule has 0 aliphatic carbocycles. The normalized spacial score (nSPS) is 11.4. The third-order valence-corrected chi connectivity index (χ3v) is 6.71. The van der Waals surface area contributed by atoms with Crippen molar-refractivity contribution in [3.8, 4) is 11.5 Å². The molecular weight excluding hydrogens is 444 g/mol. The van der Waals surface area contributed by atoms with Crippen molar-refractivity contribution in [3.05, 3.63) is 78.3 Å². The van der Waals surface area contributed by atoms with Gasteiger partial charge in [-0.05, 0) is 67.4 Å². The lowest BCUT2D eigenvalue weighted by molar-refractivity contribution is -0.121. The van der Waals surface area contributed by atoms with E-state index in [-0.39, 0.29) is 18.0 Å². The van der Waals surface area contributed by atoms with E-state index in [1.54, 1.807) is 31.4 Å².